The molecule has 29 heavy (non-hydrogen) atoms. The van der Waals surface area contributed by atoms with Crippen LogP contribution in [0.25, 0.3) is 0 Å². The maximum atomic E-state index is 11.9. The topological polar surface area (TPSA) is 137 Å². The fraction of sp³-hybridized carbons (Fsp3) is 0.167. The van der Waals surface area contributed by atoms with Crippen molar-refractivity contribution in [3.63, 3.8) is 0 Å². The van der Waals surface area contributed by atoms with Crippen LogP contribution in [0, 0.1) is 10.1 Å². The summed E-state index contributed by atoms with van der Waals surface area (Å²) in [5.74, 6) is -1.34. The van der Waals surface area contributed by atoms with Gasteiger partial charge in [0.05, 0.1) is 17.7 Å². The van der Waals surface area contributed by atoms with E-state index in [1.807, 2.05) is 0 Å². The number of esters is 1. The monoisotopic (exact) mass is 465 g/mol. The zero-order valence-electron chi connectivity index (χ0n) is 15.1. The van der Waals surface area contributed by atoms with Gasteiger partial charge in [0.1, 0.15) is 12.3 Å². The Labute approximate surface area is 173 Å². The fourth-order valence-electron chi connectivity index (χ4n) is 2.10. The lowest BCUT2D eigenvalue weighted by Crippen LogP contribution is -2.32. The van der Waals surface area contributed by atoms with E-state index in [-0.39, 0.29) is 11.4 Å². The second kappa shape index (κ2) is 10.2. The molecule has 11 heteroatoms. The molecular weight excluding hydrogens is 450 g/mol. The minimum Gasteiger partial charge on any atom is -0.497 e. The second-order valence-corrected chi connectivity index (χ2v) is 6.40. The van der Waals surface area contributed by atoms with E-state index in [9.17, 15) is 24.5 Å². The van der Waals surface area contributed by atoms with Crippen LogP contribution in [-0.4, -0.2) is 43.0 Å². The molecule has 0 bridgehead atoms. The number of methoxy groups -OCH3 is 1. The summed E-state index contributed by atoms with van der Waals surface area (Å²) in [5.41, 5.74) is 0.470. The number of carbonyl (C=O) groups is 3. The highest BCUT2D eigenvalue weighted by Crippen LogP contribution is 2.27. The molecule has 2 amide bonds. The number of benzene rings is 2. The summed E-state index contributed by atoms with van der Waals surface area (Å²) in [5, 5.41) is 15.5. The van der Waals surface area contributed by atoms with E-state index in [2.05, 4.69) is 26.6 Å². The molecule has 0 aliphatic rings. The first kappa shape index (κ1) is 21.8. The third kappa shape index (κ3) is 6.57. The molecule has 152 valence electrons. The molecule has 10 nitrogen and oxygen atoms in total. The van der Waals surface area contributed by atoms with Gasteiger partial charge in [0.25, 0.3) is 17.5 Å². The lowest BCUT2D eigenvalue weighted by molar-refractivity contribution is -0.384. The smallest absolute Gasteiger partial charge is 0.325 e. The summed E-state index contributed by atoms with van der Waals surface area (Å²) in [4.78, 5) is 45.6. The number of nitro groups is 1. The van der Waals surface area contributed by atoms with E-state index < -0.39 is 35.9 Å². The number of hydrogen-bond donors (Lipinski definition) is 2. The van der Waals surface area contributed by atoms with Crippen LogP contribution in [0.15, 0.2) is 46.9 Å². The zero-order valence-corrected chi connectivity index (χ0v) is 16.7. The fourth-order valence-corrected chi connectivity index (χ4v) is 2.57. The lowest BCUT2D eigenvalue weighted by Gasteiger charge is -2.09. The number of anilines is 1. The zero-order chi connectivity index (χ0) is 21.4. The predicted octanol–water partition coefficient (Wildman–Crippen LogP) is 2.28. The number of rotatable bonds is 8. The number of hydrogen-bond acceptors (Lipinski definition) is 7. The first-order chi connectivity index (χ1) is 13.8. The lowest BCUT2D eigenvalue weighted by atomic mass is 10.2. The Balaban J connectivity index is 1.77. The summed E-state index contributed by atoms with van der Waals surface area (Å²) in [6.07, 6.45) is 0. The van der Waals surface area contributed by atoms with E-state index in [4.69, 9.17) is 9.47 Å². The highest BCUT2D eigenvalue weighted by molar-refractivity contribution is 9.10. The molecule has 0 heterocycles. The summed E-state index contributed by atoms with van der Waals surface area (Å²) >= 11 is 3.11. The molecule has 0 spiro atoms. The minimum atomic E-state index is -0.801. The molecule has 0 unspecified atom stereocenters. The Morgan fingerprint density at radius 2 is 1.83 bits per heavy atom. The van der Waals surface area contributed by atoms with Crippen molar-refractivity contribution in [3.05, 3.63) is 62.6 Å². The highest BCUT2D eigenvalue weighted by Gasteiger charge is 2.14. The number of non-ortho nitro benzene ring substituents is 1. The van der Waals surface area contributed by atoms with E-state index in [0.717, 1.165) is 0 Å². The molecule has 0 saturated carbocycles. The molecule has 0 radical (unpaired) electrons. The Bertz CT molecular complexity index is 932. The Morgan fingerprint density at radius 3 is 2.41 bits per heavy atom. The Morgan fingerprint density at radius 1 is 1.14 bits per heavy atom. The van der Waals surface area contributed by atoms with Gasteiger partial charge in [0.2, 0.25) is 0 Å². The molecule has 2 rings (SSSR count). The van der Waals surface area contributed by atoms with Crippen LogP contribution < -0.4 is 15.4 Å². The number of nitro benzene ring substituents is 1. The molecule has 0 aliphatic carbocycles. The minimum absolute atomic E-state index is 0.145. The summed E-state index contributed by atoms with van der Waals surface area (Å²) in [6, 6.07) is 10.1. The van der Waals surface area contributed by atoms with Crippen LogP contribution in [0.3, 0.4) is 0 Å². The van der Waals surface area contributed by atoms with E-state index in [0.29, 0.717) is 15.8 Å². The first-order valence-corrected chi connectivity index (χ1v) is 8.91. The van der Waals surface area contributed by atoms with Crippen molar-refractivity contribution in [2.75, 3.05) is 25.6 Å². The Kier molecular flexibility index (Phi) is 7.66. The van der Waals surface area contributed by atoms with Crippen molar-refractivity contribution in [1.29, 1.82) is 0 Å². The molecule has 0 saturated heterocycles. The number of halogens is 1. The number of amides is 2. The van der Waals surface area contributed by atoms with Crippen molar-refractivity contribution in [2.24, 2.45) is 0 Å². The molecular formula is C18H16BrN3O7. The first-order valence-electron chi connectivity index (χ1n) is 8.12. The maximum Gasteiger partial charge on any atom is 0.325 e. The van der Waals surface area contributed by atoms with Gasteiger partial charge < -0.3 is 20.1 Å². The standard InChI is InChI=1S/C18H16BrN3O7/c1-28-13-5-2-11(3-6-13)18(25)20-9-17(24)29-10-16(23)21-15-7-4-12(22(26)27)8-14(15)19/h2-8H,9-10H2,1H3,(H,20,25)(H,21,23). The SMILES string of the molecule is COc1ccc(C(=O)NCC(=O)OCC(=O)Nc2ccc([N+](=O)[O-])cc2Br)cc1. The van der Waals surface area contributed by atoms with Crippen LogP contribution in [0.1, 0.15) is 10.4 Å². The van der Waals surface area contributed by atoms with Crippen molar-refractivity contribution in [1.82, 2.24) is 5.32 Å². The second-order valence-electron chi connectivity index (χ2n) is 5.54. The van der Waals surface area contributed by atoms with Crippen LogP contribution in [0.4, 0.5) is 11.4 Å². The molecule has 0 atom stereocenters. The van der Waals surface area contributed by atoms with Gasteiger partial charge in [-0.25, -0.2) is 0 Å². The van der Waals surface area contributed by atoms with Gasteiger partial charge in [0, 0.05) is 22.2 Å². The molecule has 0 aliphatic heterocycles. The van der Waals surface area contributed by atoms with Crippen LogP contribution >= 0.6 is 15.9 Å². The molecule has 0 aromatic heterocycles. The van der Waals surface area contributed by atoms with Crippen molar-refractivity contribution in [2.45, 2.75) is 0 Å². The maximum absolute atomic E-state index is 11.9. The van der Waals surface area contributed by atoms with Gasteiger partial charge in [-0.2, -0.15) is 0 Å². The van der Waals surface area contributed by atoms with Crippen LogP contribution in [0.5, 0.6) is 5.75 Å². The number of ether oxygens (including phenoxy) is 2. The molecule has 0 fully saturated rings. The van der Waals surface area contributed by atoms with E-state index >= 15 is 0 Å². The van der Waals surface area contributed by atoms with Crippen molar-refractivity contribution in [3.8, 4) is 5.75 Å². The van der Waals surface area contributed by atoms with Crippen molar-refractivity contribution >= 4 is 45.1 Å². The Hall–Kier alpha value is -3.47. The number of nitrogens with one attached hydrogen (secondary N) is 2. The average molecular weight is 466 g/mol. The van der Waals surface area contributed by atoms with Gasteiger partial charge in [0.15, 0.2) is 6.61 Å². The van der Waals surface area contributed by atoms with Gasteiger partial charge in [-0.3, -0.25) is 24.5 Å². The van der Waals surface area contributed by atoms with Crippen LogP contribution in [0.2, 0.25) is 0 Å². The third-order valence-corrected chi connectivity index (χ3v) is 4.20. The summed E-state index contributed by atoms with van der Waals surface area (Å²) in [6.45, 7) is -1.000. The largest absolute Gasteiger partial charge is 0.497 e. The average Bonchev–Trinajstić information content (AvgIpc) is 2.71. The van der Waals surface area contributed by atoms with Gasteiger partial charge in [-0.1, -0.05) is 0 Å². The highest BCUT2D eigenvalue weighted by atomic mass is 79.9. The number of carbonyl (C=O) groups excluding carboxylic acids is 3. The normalized spacial score (nSPS) is 10.0. The summed E-state index contributed by atoms with van der Waals surface area (Å²) < 4.78 is 10.1. The van der Waals surface area contributed by atoms with Gasteiger partial charge >= 0.3 is 5.97 Å². The summed E-state index contributed by atoms with van der Waals surface area (Å²) in [7, 11) is 1.50. The van der Waals surface area contributed by atoms with Gasteiger partial charge in [-0.15, -0.1) is 0 Å². The number of nitrogens with zero attached hydrogens (tertiary/aromatic N) is 1. The molecule has 2 N–H and O–H groups in total. The quantitative estimate of drug-likeness (QED) is 0.346. The predicted molar refractivity (Wildman–Crippen MR) is 106 cm³/mol. The van der Waals surface area contributed by atoms with E-state index in [1.54, 1.807) is 12.1 Å². The van der Waals surface area contributed by atoms with Crippen molar-refractivity contribution < 1.29 is 28.8 Å². The van der Waals surface area contributed by atoms with Crippen LogP contribution in [-0.2, 0) is 14.3 Å². The third-order valence-electron chi connectivity index (χ3n) is 3.55. The molecule has 2 aromatic carbocycles. The van der Waals surface area contributed by atoms with E-state index in [1.165, 1.54) is 37.4 Å². The molecule has 2 aromatic rings. The van der Waals surface area contributed by atoms with Gasteiger partial charge in [-0.05, 0) is 46.3 Å².